The van der Waals surface area contributed by atoms with Gasteiger partial charge in [-0.2, -0.15) is 5.10 Å². The molecule has 4 rings (SSSR count). The molecule has 1 amide bonds. The number of thiazole rings is 1. The fourth-order valence-electron chi connectivity index (χ4n) is 3.48. The number of carbonyl (C=O) groups is 2. The first-order chi connectivity index (χ1) is 16.2. The Bertz CT molecular complexity index is 1230. The van der Waals surface area contributed by atoms with Gasteiger partial charge in [-0.05, 0) is 13.3 Å². The van der Waals surface area contributed by atoms with Crippen LogP contribution in [0.1, 0.15) is 22.6 Å². The molecule has 0 unspecified atom stereocenters. The minimum Gasteiger partial charge on any atom is -0.437 e. The second-order valence-corrected chi connectivity index (χ2v) is 9.18. The molecule has 2 N–H and O–H groups in total. The van der Waals surface area contributed by atoms with Gasteiger partial charge in [0.2, 0.25) is 5.06 Å². The van der Waals surface area contributed by atoms with Crippen LogP contribution >= 0.6 is 34.5 Å². The third-order valence-electron chi connectivity index (χ3n) is 5.26. The first kappa shape index (κ1) is 24.2. The lowest BCUT2D eigenvalue weighted by molar-refractivity contribution is 0.0894. The number of H-pyrrole nitrogens is 1. The molecule has 182 valence electrons. The molecule has 2 atom stereocenters. The summed E-state index contributed by atoms with van der Waals surface area (Å²) < 4.78 is 26.3. The molecular weight excluding hydrogens is 512 g/mol. The molecule has 1 aliphatic heterocycles. The van der Waals surface area contributed by atoms with Gasteiger partial charge in [-0.15, -0.1) is 0 Å². The zero-order valence-electron chi connectivity index (χ0n) is 18.3. The molecule has 3 aromatic rings. The fraction of sp³-hybridized carbons (Fsp3) is 0.421. The molecule has 0 aromatic carbocycles. The smallest absolute Gasteiger partial charge is 0.437 e. The Morgan fingerprint density at radius 1 is 1.35 bits per heavy atom. The van der Waals surface area contributed by atoms with Crippen molar-refractivity contribution in [1.82, 2.24) is 30.0 Å². The maximum Gasteiger partial charge on any atom is 0.514 e. The van der Waals surface area contributed by atoms with Gasteiger partial charge in [-0.25, -0.2) is 23.8 Å². The Hall–Kier alpha value is -2.90. The third kappa shape index (κ3) is 4.68. The average Bonchev–Trinajstić information content (AvgIpc) is 3.49. The van der Waals surface area contributed by atoms with Crippen molar-refractivity contribution >= 4 is 51.7 Å². The van der Waals surface area contributed by atoms with Crippen LogP contribution in [0.25, 0.3) is 11.5 Å². The number of rotatable bonds is 5. The van der Waals surface area contributed by atoms with Gasteiger partial charge < -0.3 is 24.7 Å². The number of nitrogens with zero attached hydrogens (tertiary/aromatic N) is 5. The van der Waals surface area contributed by atoms with E-state index in [1.807, 2.05) is 0 Å². The summed E-state index contributed by atoms with van der Waals surface area (Å²) in [5, 5.41) is 7.62. The van der Waals surface area contributed by atoms with Gasteiger partial charge in [0.05, 0.1) is 29.7 Å². The number of aryl methyl sites for hydroxylation is 2. The van der Waals surface area contributed by atoms with Gasteiger partial charge in [0.15, 0.2) is 16.6 Å². The van der Waals surface area contributed by atoms with Crippen molar-refractivity contribution in [1.29, 1.82) is 0 Å². The molecule has 1 fully saturated rings. The Morgan fingerprint density at radius 3 is 2.71 bits per heavy atom. The summed E-state index contributed by atoms with van der Waals surface area (Å²) in [6.07, 6.45) is -0.658. The lowest BCUT2D eigenvalue weighted by Crippen LogP contribution is -2.52. The number of piperidine rings is 1. The van der Waals surface area contributed by atoms with Crippen LogP contribution < -0.4 is 15.0 Å². The molecule has 1 saturated heterocycles. The number of methoxy groups -OCH3 is 1. The predicted molar refractivity (Wildman–Crippen MR) is 124 cm³/mol. The number of nitrogens with one attached hydrogen (secondary N) is 2. The van der Waals surface area contributed by atoms with Crippen molar-refractivity contribution in [3.05, 3.63) is 27.8 Å². The Morgan fingerprint density at radius 2 is 2.12 bits per heavy atom. The van der Waals surface area contributed by atoms with Crippen LogP contribution in [-0.2, 0) is 11.8 Å². The van der Waals surface area contributed by atoms with E-state index in [9.17, 15) is 9.59 Å². The van der Waals surface area contributed by atoms with Crippen molar-refractivity contribution in [2.24, 2.45) is 7.05 Å². The number of aromatic nitrogens is 5. The van der Waals surface area contributed by atoms with Crippen LogP contribution in [0.3, 0.4) is 0 Å². The highest BCUT2D eigenvalue weighted by Crippen LogP contribution is 2.40. The number of alkyl halides is 1. The van der Waals surface area contributed by atoms with Gasteiger partial charge in [0.25, 0.3) is 5.91 Å². The molecule has 1 aliphatic rings. The van der Waals surface area contributed by atoms with Crippen molar-refractivity contribution in [2.75, 3.05) is 25.1 Å². The maximum absolute atomic E-state index is 15.1. The number of anilines is 1. The van der Waals surface area contributed by atoms with Gasteiger partial charge in [-0.3, -0.25) is 4.79 Å². The lowest BCUT2D eigenvalue weighted by Gasteiger charge is -2.34. The number of carbonyl (C=O) groups excluding carboxylic acids is 2. The zero-order chi connectivity index (χ0) is 24.6. The van der Waals surface area contributed by atoms with Crippen molar-refractivity contribution in [2.45, 2.75) is 25.6 Å². The predicted octanol–water partition coefficient (Wildman–Crippen LogP) is 3.37. The molecule has 0 radical (unpaired) electrons. The van der Waals surface area contributed by atoms with Gasteiger partial charge in [0, 0.05) is 19.3 Å². The number of hydrogen-bond acceptors (Lipinski definition) is 9. The van der Waals surface area contributed by atoms with E-state index < -0.39 is 24.3 Å². The van der Waals surface area contributed by atoms with Gasteiger partial charge in [-0.1, -0.05) is 34.5 Å². The van der Waals surface area contributed by atoms with E-state index in [2.05, 4.69) is 30.1 Å². The normalized spacial score (nSPS) is 18.1. The van der Waals surface area contributed by atoms with Crippen molar-refractivity contribution in [3.63, 3.8) is 0 Å². The van der Waals surface area contributed by atoms with Crippen LogP contribution in [0.15, 0.2) is 6.33 Å². The fourth-order valence-corrected chi connectivity index (χ4v) is 4.84. The van der Waals surface area contributed by atoms with Gasteiger partial charge in [0.1, 0.15) is 18.2 Å². The summed E-state index contributed by atoms with van der Waals surface area (Å²) in [4.78, 5) is 37.5. The third-order valence-corrected chi connectivity index (χ3v) is 7.20. The van der Waals surface area contributed by atoms with E-state index in [-0.39, 0.29) is 33.0 Å². The average molecular weight is 532 g/mol. The summed E-state index contributed by atoms with van der Waals surface area (Å²) in [5.74, 6) is -0.161. The number of amides is 1. The summed E-state index contributed by atoms with van der Waals surface area (Å²) in [6, 6.07) is -0.730. The highest BCUT2D eigenvalue weighted by atomic mass is 35.5. The molecule has 4 heterocycles. The van der Waals surface area contributed by atoms with Crippen molar-refractivity contribution < 1.29 is 23.5 Å². The molecular formula is C19H20Cl2FN7O4S. The summed E-state index contributed by atoms with van der Waals surface area (Å²) in [5.41, 5.74) is 0.928. The molecule has 0 spiro atoms. The molecule has 34 heavy (non-hydrogen) atoms. The van der Waals surface area contributed by atoms with Crippen molar-refractivity contribution in [3.8, 4) is 16.6 Å². The highest BCUT2D eigenvalue weighted by molar-refractivity contribution is 7.18. The molecule has 15 heteroatoms. The summed E-state index contributed by atoms with van der Waals surface area (Å²) in [7, 11) is 2.86. The number of halogens is 3. The Kier molecular flexibility index (Phi) is 6.96. The maximum atomic E-state index is 15.1. The monoisotopic (exact) mass is 531 g/mol. The van der Waals surface area contributed by atoms with Crippen LogP contribution in [0, 0.1) is 6.92 Å². The zero-order valence-corrected chi connectivity index (χ0v) is 20.6. The molecule has 0 bridgehead atoms. The quantitative estimate of drug-likeness (QED) is 0.479. The van der Waals surface area contributed by atoms with E-state index in [1.165, 1.54) is 18.1 Å². The standard InChI is InChI=1S/C19H20Cl2FN7O4S/c1-8-11(20)12(21)13(25-8)16(30)26-10-4-5-29(6-9(10)22)18-27-14(15-23-7-24-28(15)2)17(34-18)33-19(31)32-3/h7,9-10,25H,4-6H2,1-3H3,(H,26,30)/t9-,10+/m0/s1. The molecule has 3 aromatic heterocycles. The topological polar surface area (TPSA) is 127 Å². The number of aromatic amines is 1. The molecule has 11 nitrogen and oxygen atoms in total. The first-order valence-corrected chi connectivity index (χ1v) is 11.6. The lowest BCUT2D eigenvalue weighted by atomic mass is 10.0. The Labute approximate surface area is 207 Å². The second kappa shape index (κ2) is 9.76. The van der Waals surface area contributed by atoms with E-state index in [1.54, 1.807) is 18.9 Å². The molecule has 0 saturated carbocycles. The highest BCUT2D eigenvalue weighted by Gasteiger charge is 2.34. The van der Waals surface area contributed by atoms with Crippen LogP contribution in [0.5, 0.6) is 5.06 Å². The van der Waals surface area contributed by atoms with Crippen LogP contribution in [0.2, 0.25) is 10.0 Å². The largest absolute Gasteiger partial charge is 0.514 e. The van der Waals surface area contributed by atoms with E-state index in [0.29, 0.717) is 29.6 Å². The van der Waals surface area contributed by atoms with E-state index >= 15 is 4.39 Å². The summed E-state index contributed by atoms with van der Waals surface area (Å²) in [6.45, 7) is 2.04. The minimum atomic E-state index is -1.39. The van der Waals surface area contributed by atoms with E-state index in [0.717, 1.165) is 11.3 Å². The minimum absolute atomic E-state index is 0.0351. The Balaban J connectivity index is 1.49. The first-order valence-electron chi connectivity index (χ1n) is 10.0. The van der Waals surface area contributed by atoms with Crippen LogP contribution in [-0.4, -0.2) is 69.2 Å². The summed E-state index contributed by atoms with van der Waals surface area (Å²) >= 11 is 13.2. The number of hydrogen-bond donors (Lipinski definition) is 2. The van der Waals surface area contributed by atoms with Gasteiger partial charge >= 0.3 is 6.16 Å². The number of ether oxygens (including phenoxy) is 2. The van der Waals surface area contributed by atoms with E-state index in [4.69, 9.17) is 27.9 Å². The SMILES string of the molecule is COC(=O)Oc1sc(N2CC[C@@H](NC(=O)c3[nH]c(C)c(Cl)c3Cl)[C@@H](F)C2)nc1-c1ncnn1C. The molecule has 0 aliphatic carbocycles. The van der Waals surface area contributed by atoms with Crippen LogP contribution in [0.4, 0.5) is 14.3 Å². The second-order valence-electron chi connectivity index (χ2n) is 7.48.